The largest absolute Gasteiger partial charge is 0.481 e. The molecule has 6 heteroatoms. The number of carbonyl (C=O) groups is 3. The van der Waals surface area contributed by atoms with Crippen LogP contribution < -0.4 is 4.90 Å². The van der Waals surface area contributed by atoms with Crippen molar-refractivity contribution in [3.8, 4) is 0 Å². The van der Waals surface area contributed by atoms with Gasteiger partial charge in [-0.15, -0.1) is 0 Å². The van der Waals surface area contributed by atoms with Crippen LogP contribution in [0.15, 0.2) is 24.3 Å². The third-order valence-electron chi connectivity index (χ3n) is 2.86. The van der Waals surface area contributed by atoms with E-state index >= 15 is 0 Å². The van der Waals surface area contributed by atoms with E-state index in [0.717, 1.165) is 0 Å². The van der Waals surface area contributed by atoms with Gasteiger partial charge in [0.25, 0.3) is 0 Å². The molecular weight excluding hydrogens is 274 g/mol. The van der Waals surface area contributed by atoms with Gasteiger partial charge in [-0.3, -0.25) is 9.59 Å². The summed E-state index contributed by atoms with van der Waals surface area (Å²) in [6, 6.07) is 5.83. The molecule has 1 amide bonds. The van der Waals surface area contributed by atoms with Crippen LogP contribution >= 0.6 is 0 Å². The zero-order valence-electron chi connectivity index (χ0n) is 12.1. The predicted octanol–water partition coefficient (Wildman–Crippen LogP) is 2.24. The van der Waals surface area contributed by atoms with Gasteiger partial charge in [0.1, 0.15) is 0 Å². The van der Waals surface area contributed by atoms with E-state index in [9.17, 15) is 14.4 Å². The van der Waals surface area contributed by atoms with Gasteiger partial charge in [0.05, 0.1) is 12.0 Å². The predicted molar refractivity (Wildman–Crippen MR) is 77.5 cm³/mol. The summed E-state index contributed by atoms with van der Waals surface area (Å²) in [7, 11) is 0. The Bertz CT molecular complexity index is 521. The third kappa shape index (κ3) is 5.25. The van der Waals surface area contributed by atoms with Crippen LogP contribution in [0.5, 0.6) is 0 Å². The van der Waals surface area contributed by atoms with Crippen molar-refractivity contribution >= 4 is 23.5 Å². The highest BCUT2D eigenvalue weighted by Crippen LogP contribution is 2.18. The summed E-state index contributed by atoms with van der Waals surface area (Å²) >= 11 is 0. The van der Waals surface area contributed by atoms with Crippen LogP contribution in [0.25, 0.3) is 0 Å². The first-order chi connectivity index (χ1) is 9.81. The van der Waals surface area contributed by atoms with E-state index in [0.29, 0.717) is 12.1 Å². The summed E-state index contributed by atoms with van der Waals surface area (Å²) in [5.74, 6) is -2.05. The van der Waals surface area contributed by atoms with Crippen LogP contribution in [0.3, 0.4) is 0 Å². The highest BCUT2D eigenvalue weighted by atomic mass is 16.4. The van der Waals surface area contributed by atoms with Gasteiger partial charge in [0.15, 0.2) is 0 Å². The maximum atomic E-state index is 12.2. The van der Waals surface area contributed by atoms with Crippen molar-refractivity contribution in [1.29, 1.82) is 0 Å². The van der Waals surface area contributed by atoms with Gasteiger partial charge in [-0.1, -0.05) is 13.8 Å². The summed E-state index contributed by atoms with van der Waals surface area (Å²) < 4.78 is 0. The van der Waals surface area contributed by atoms with Gasteiger partial charge >= 0.3 is 11.9 Å². The van der Waals surface area contributed by atoms with E-state index in [1.807, 2.05) is 13.8 Å². The molecule has 21 heavy (non-hydrogen) atoms. The number of aromatic carboxylic acids is 1. The summed E-state index contributed by atoms with van der Waals surface area (Å²) in [4.78, 5) is 35.1. The van der Waals surface area contributed by atoms with E-state index in [1.165, 1.54) is 29.2 Å². The molecule has 0 bridgehead atoms. The van der Waals surface area contributed by atoms with Crippen molar-refractivity contribution in [3.63, 3.8) is 0 Å². The lowest BCUT2D eigenvalue weighted by Crippen LogP contribution is -2.33. The lowest BCUT2D eigenvalue weighted by molar-refractivity contribution is -0.136. The molecule has 0 heterocycles. The van der Waals surface area contributed by atoms with Gasteiger partial charge in [-0.25, -0.2) is 4.79 Å². The monoisotopic (exact) mass is 293 g/mol. The summed E-state index contributed by atoms with van der Waals surface area (Å²) in [6.45, 7) is 3.87. The highest BCUT2D eigenvalue weighted by Gasteiger charge is 2.18. The number of hydrogen-bond acceptors (Lipinski definition) is 3. The molecule has 0 atom stereocenters. The van der Waals surface area contributed by atoms with Crippen molar-refractivity contribution in [1.82, 2.24) is 0 Å². The molecule has 0 aliphatic rings. The molecule has 0 fully saturated rings. The number of aliphatic carboxylic acids is 1. The Morgan fingerprint density at radius 3 is 2.10 bits per heavy atom. The van der Waals surface area contributed by atoms with E-state index in [4.69, 9.17) is 10.2 Å². The SMILES string of the molecule is CC(C)CC(=O)N(CCC(=O)O)c1ccc(C(=O)O)cc1. The molecule has 0 aliphatic heterocycles. The van der Waals surface area contributed by atoms with Crippen LogP contribution in [-0.2, 0) is 9.59 Å². The molecule has 0 spiro atoms. The molecule has 0 aromatic heterocycles. The van der Waals surface area contributed by atoms with Gasteiger partial charge in [-0.2, -0.15) is 0 Å². The van der Waals surface area contributed by atoms with E-state index in [2.05, 4.69) is 0 Å². The number of amides is 1. The lowest BCUT2D eigenvalue weighted by atomic mass is 10.1. The van der Waals surface area contributed by atoms with Crippen LogP contribution in [0.4, 0.5) is 5.69 Å². The Hall–Kier alpha value is -2.37. The topological polar surface area (TPSA) is 94.9 Å². The minimum atomic E-state index is -1.05. The van der Waals surface area contributed by atoms with Gasteiger partial charge in [0.2, 0.25) is 5.91 Å². The molecule has 1 aromatic rings. The number of carbonyl (C=O) groups excluding carboxylic acids is 1. The quantitative estimate of drug-likeness (QED) is 0.804. The van der Waals surface area contributed by atoms with Gasteiger partial charge in [-0.05, 0) is 30.2 Å². The normalized spacial score (nSPS) is 10.4. The van der Waals surface area contributed by atoms with Crippen LogP contribution in [0.1, 0.15) is 37.0 Å². The Kier molecular flexibility index (Phi) is 5.90. The van der Waals surface area contributed by atoms with Crippen molar-refractivity contribution in [3.05, 3.63) is 29.8 Å². The van der Waals surface area contributed by atoms with E-state index in [1.54, 1.807) is 0 Å². The fourth-order valence-corrected chi connectivity index (χ4v) is 1.85. The third-order valence-corrected chi connectivity index (χ3v) is 2.86. The minimum absolute atomic E-state index is 0.0628. The molecule has 0 radical (unpaired) electrons. The number of hydrogen-bond donors (Lipinski definition) is 2. The number of rotatable bonds is 7. The molecular formula is C15H19NO5. The van der Waals surface area contributed by atoms with E-state index in [-0.39, 0.29) is 30.4 Å². The Morgan fingerprint density at radius 1 is 1.10 bits per heavy atom. The Labute approximate surface area is 123 Å². The molecule has 1 rings (SSSR count). The maximum Gasteiger partial charge on any atom is 0.335 e. The Balaban J connectivity index is 2.96. The average Bonchev–Trinajstić information content (AvgIpc) is 2.38. The number of carboxylic acids is 2. The molecule has 1 aromatic carbocycles. The maximum absolute atomic E-state index is 12.2. The average molecular weight is 293 g/mol. The first-order valence-electron chi connectivity index (χ1n) is 6.66. The molecule has 0 saturated carbocycles. The van der Waals surface area contributed by atoms with Crippen molar-refractivity contribution in [2.45, 2.75) is 26.7 Å². The van der Waals surface area contributed by atoms with Gasteiger partial charge < -0.3 is 15.1 Å². The van der Waals surface area contributed by atoms with Crippen LogP contribution in [0.2, 0.25) is 0 Å². The summed E-state index contributed by atoms with van der Waals surface area (Å²) in [5.41, 5.74) is 0.625. The molecule has 114 valence electrons. The molecule has 2 N–H and O–H groups in total. The zero-order chi connectivity index (χ0) is 16.0. The second-order valence-corrected chi connectivity index (χ2v) is 5.14. The first kappa shape index (κ1) is 16.7. The minimum Gasteiger partial charge on any atom is -0.481 e. The van der Waals surface area contributed by atoms with Crippen LogP contribution in [0, 0.1) is 5.92 Å². The number of benzene rings is 1. The van der Waals surface area contributed by atoms with Crippen molar-refractivity contribution in [2.24, 2.45) is 5.92 Å². The second-order valence-electron chi connectivity index (χ2n) is 5.14. The van der Waals surface area contributed by atoms with Crippen LogP contribution in [-0.4, -0.2) is 34.6 Å². The molecule has 6 nitrogen and oxygen atoms in total. The molecule has 0 aliphatic carbocycles. The van der Waals surface area contributed by atoms with Crippen molar-refractivity contribution in [2.75, 3.05) is 11.4 Å². The standard InChI is InChI=1S/C15H19NO5/c1-10(2)9-13(17)16(8-7-14(18)19)12-5-3-11(4-6-12)15(20)21/h3-6,10H,7-9H2,1-2H3,(H,18,19)(H,20,21). The van der Waals surface area contributed by atoms with Gasteiger partial charge in [0, 0.05) is 18.7 Å². The van der Waals surface area contributed by atoms with Crippen molar-refractivity contribution < 1.29 is 24.6 Å². The number of nitrogens with zero attached hydrogens (tertiary/aromatic N) is 1. The fraction of sp³-hybridized carbons (Fsp3) is 0.400. The molecule has 0 unspecified atom stereocenters. The number of anilines is 1. The second kappa shape index (κ2) is 7.42. The summed E-state index contributed by atoms with van der Waals surface area (Å²) in [6.07, 6.45) is 0.144. The van der Waals surface area contributed by atoms with E-state index < -0.39 is 11.9 Å². The zero-order valence-corrected chi connectivity index (χ0v) is 12.1. The summed E-state index contributed by atoms with van der Waals surface area (Å²) in [5, 5.41) is 17.6. The fourth-order valence-electron chi connectivity index (χ4n) is 1.85. The Morgan fingerprint density at radius 2 is 1.67 bits per heavy atom. The first-order valence-corrected chi connectivity index (χ1v) is 6.66. The smallest absolute Gasteiger partial charge is 0.335 e. The number of carboxylic acid groups (broad SMARTS) is 2. The molecule has 0 saturated heterocycles. The highest BCUT2D eigenvalue weighted by molar-refractivity contribution is 5.95. The lowest BCUT2D eigenvalue weighted by Gasteiger charge is -2.23.